The molecule has 2 atom stereocenters. The molecule has 2 heterocycles. The number of likely N-dealkylation sites (tertiary alicyclic amines) is 1. The molecule has 2 fully saturated rings. The first-order valence-electron chi connectivity index (χ1n) is 7.57. The Bertz CT molecular complexity index is 489. The Kier molecular flexibility index (Phi) is 4.29. The molecule has 1 N–H and O–H groups in total. The van der Waals surface area contributed by atoms with Crippen LogP contribution in [-0.2, 0) is 4.79 Å². The second-order valence-corrected chi connectivity index (χ2v) is 5.62. The molecular weight excluding hydrogens is 268 g/mol. The molecule has 114 valence electrons. The van der Waals surface area contributed by atoms with Gasteiger partial charge in [0.1, 0.15) is 18.1 Å². The van der Waals surface area contributed by atoms with E-state index in [0.29, 0.717) is 19.2 Å². The number of nitrogens with one attached hydrogen (secondary N) is 1. The zero-order valence-corrected chi connectivity index (χ0v) is 12.4. The molecule has 0 bridgehead atoms. The number of methoxy groups -OCH3 is 1. The third kappa shape index (κ3) is 3.13. The first kappa shape index (κ1) is 14.2. The summed E-state index contributed by atoms with van der Waals surface area (Å²) < 4.78 is 10.8. The fourth-order valence-corrected chi connectivity index (χ4v) is 3.15. The summed E-state index contributed by atoms with van der Waals surface area (Å²) in [5, 5.41) is 3.44. The van der Waals surface area contributed by atoms with Gasteiger partial charge in [-0.15, -0.1) is 0 Å². The van der Waals surface area contributed by atoms with Gasteiger partial charge in [-0.25, -0.2) is 0 Å². The summed E-state index contributed by atoms with van der Waals surface area (Å²) in [6.45, 7) is 3.02. The second-order valence-electron chi connectivity index (χ2n) is 5.62. The first-order valence-corrected chi connectivity index (χ1v) is 7.57. The Balaban J connectivity index is 1.47. The van der Waals surface area contributed by atoms with Crippen molar-refractivity contribution in [2.45, 2.75) is 18.9 Å². The van der Waals surface area contributed by atoms with Crippen molar-refractivity contribution in [3.05, 3.63) is 24.3 Å². The fraction of sp³-hybridized carbons (Fsp3) is 0.562. The molecule has 2 saturated heterocycles. The van der Waals surface area contributed by atoms with Crippen LogP contribution in [-0.4, -0.2) is 50.2 Å². The van der Waals surface area contributed by atoms with Crippen LogP contribution in [0.2, 0.25) is 0 Å². The van der Waals surface area contributed by atoms with E-state index in [1.54, 1.807) is 7.11 Å². The van der Waals surface area contributed by atoms with Crippen LogP contribution in [0.1, 0.15) is 12.8 Å². The summed E-state index contributed by atoms with van der Waals surface area (Å²) in [4.78, 5) is 14.2. The number of piperidine rings is 1. The lowest BCUT2D eigenvalue weighted by atomic mass is 9.94. The zero-order chi connectivity index (χ0) is 14.7. The lowest BCUT2D eigenvalue weighted by Crippen LogP contribution is -2.41. The van der Waals surface area contributed by atoms with Crippen molar-refractivity contribution < 1.29 is 14.3 Å². The van der Waals surface area contributed by atoms with E-state index in [1.807, 2.05) is 29.2 Å². The average Bonchev–Trinajstić information content (AvgIpc) is 2.85. The van der Waals surface area contributed by atoms with Gasteiger partial charge in [0.2, 0.25) is 5.91 Å². The summed E-state index contributed by atoms with van der Waals surface area (Å²) >= 11 is 0. The first-order chi connectivity index (χ1) is 10.3. The van der Waals surface area contributed by atoms with E-state index in [2.05, 4.69) is 5.32 Å². The van der Waals surface area contributed by atoms with Gasteiger partial charge >= 0.3 is 0 Å². The molecule has 2 aliphatic heterocycles. The van der Waals surface area contributed by atoms with Crippen molar-refractivity contribution in [2.24, 2.45) is 5.92 Å². The SMILES string of the molecule is COc1ccc(OCCN2CC3NCCCC3C2=O)cc1. The number of fused-ring (bicyclic) bond motifs is 1. The van der Waals surface area contributed by atoms with E-state index in [9.17, 15) is 4.79 Å². The molecule has 2 unspecified atom stereocenters. The summed E-state index contributed by atoms with van der Waals surface area (Å²) in [5.74, 6) is 2.08. The number of nitrogens with zero attached hydrogens (tertiary/aromatic N) is 1. The molecule has 1 aromatic carbocycles. The van der Waals surface area contributed by atoms with Gasteiger partial charge in [0.05, 0.1) is 19.6 Å². The Labute approximate surface area is 125 Å². The van der Waals surface area contributed by atoms with E-state index in [1.165, 1.54) is 0 Å². The van der Waals surface area contributed by atoms with Crippen molar-refractivity contribution in [3.8, 4) is 11.5 Å². The summed E-state index contributed by atoms with van der Waals surface area (Å²) in [5.41, 5.74) is 0. The molecule has 0 saturated carbocycles. The summed E-state index contributed by atoms with van der Waals surface area (Å²) in [6, 6.07) is 7.84. The molecule has 3 rings (SSSR count). The molecule has 0 aliphatic carbocycles. The Hall–Kier alpha value is -1.75. The molecule has 5 heteroatoms. The molecule has 0 radical (unpaired) electrons. The molecule has 2 aliphatic rings. The van der Waals surface area contributed by atoms with E-state index in [0.717, 1.165) is 37.4 Å². The highest BCUT2D eigenvalue weighted by atomic mass is 16.5. The largest absolute Gasteiger partial charge is 0.497 e. The maximum atomic E-state index is 12.3. The quantitative estimate of drug-likeness (QED) is 0.887. The highest BCUT2D eigenvalue weighted by Crippen LogP contribution is 2.26. The standard InChI is InChI=1S/C16H22N2O3/c1-20-12-4-6-13(7-5-12)21-10-9-18-11-15-14(16(18)19)3-2-8-17-15/h4-7,14-15,17H,2-3,8-11H2,1H3. The number of amides is 1. The maximum absolute atomic E-state index is 12.3. The van der Waals surface area contributed by atoms with Crippen molar-refractivity contribution >= 4 is 5.91 Å². The Morgan fingerprint density at radius 2 is 2.05 bits per heavy atom. The van der Waals surface area contributed by atoms with Gasteiger partial charge in [-0.2, -0.15) is 0 Å². The van der Waals surface area contributed by atoms with Gasteiger partial charge in [0.15, 0.2) is 0 Å². The number of ether oxygens (including phenoxy) is 2. The lowest BCUT2D eigenvalue weighted by Gasteiger charge is -2.23. The van der Waals surface area contributed by atoms with Crippen molar-refractivity contribution in [1.29, 1.82) is 0 Å². The smallest absolute Gasteiger partial charge is 0.227 e. The van der Waals surface area contributed by atoms with Crippen LogP contribution in [0.5, 0.6) is 11.5 Å². The van der Waals surface area contributed by atoms with Gasteiger partial charge in [-0.3, -0.25) is 4.79 Å². The minimum absolute atomic E-state index is 0.180. The van der Waals surface area contributed by atoms with Gasteiger partial charge in [0, 0.05) is 12.6 Å². The highest BCUT2D eigenvalue weighted by molar-refractivity contribution is 5.82. The number of benzene rings is 1. The monoisotopic (exact) mass is 290 g/mol. The minimum Gasteiger partial charge on any atom is -0.497 e. The van der Waals surface area contributed by atoms with Gasteiger partial charge in [-0.05, 0) is 43.7 Å². The Morgan fingerprint density at radius 3 is 2.76 bits per heavy atom. The average molecular weight is 290 g/mol. The third-order valence-electron chi connectivity index (χ3n) is 4.32. The van der Waals surface area contributed by atoms with Gasteiger partial charge in [0.25, 0.3) is 0 Å². The third-order valence-corrected chi connectivity index (χ3v) is 4.32. The minimum atomic E-state index is 0.180. The van der Waals surface area contributed by atoms with Crippen LogP contribution in [0.4, 0.5) is 0 Å². The van der Waals surface area contributed by atoms with Crippen molar-refractivity contribution in [1.82, 2.24) is 10.2 Å². The van der Waals surface area contributed by atoms with Crippen LogP contribution in [0.25, 0.3) is 0 Å². The normalized spacial score (nSPS) is 24.8. The predicted octanol–water partition coefficient (Wildman–Crippen LogP) is 1.28. The second kappa shape index (κ2) is 6.35. The summed E-state index contributed by atoms with van der Waals surface area (Å²) in [7, 11) is 1.64. The van der Waals surface area contributed by atoms with Crippen LogP contribution < -0.4 is 14.8 Å². The zero-order valence-electron chi connectivity index (χ0n) is 12.4. The van der Waals surface area contributed by atoms with E-state index >= 15 is 0 Å². The maximum Gasteiger partial charge on any atom is 0.227 e. The van der Waals surface area contributed by atoms with E-state index < -0.39 is 0 Å². The molecular formula is C16H22N2O3. The molecule has 0 spiro atoms. The van der Waals surface area contributed by atoms with Crippen LogP contribution in [0.3, 0.4) is 0 Å². The van der Waals surface area contributed by atoms with E-state index in [-0.39, 0.29) is 11.8 Å². The number of hydrogen-bond acceptors (Lipinski definition) is 4. The molecule has 5 nitrogen and oxygen atoms in total. The molecule has 1 amide bonds. The van der Waals surface area contributed by atoms with Gasteiger partial charge < -0.3 is 19.7 Å². The number of rotatable bonds is 5. The number of hydrogen-bond donors (Lipinski definition) is 1. The fourth-order valence-electron chi connectivity index (χ4n) is 3.15. The Morgan fingerprint density at radius 1 is 1.29 bits per heavy atom. The number of carbonyl (C=O) groups excluding carboxylic acids is 1. The van der Waals surface area contributed by atoms with Gasteiger partial charge in [-0.1, -0.05) is 0 Å². The van der Waals surface area contributed by atoms with Crippen LogP contribution in [0.15, 0.2) is 24.3 Å². The van der Waals surface area contributed by atoms with Crippen molar-refractivity contribution in [3.63, 3.8) is 0 Å². The topological polar surface area (TPSA) is 50.8 Å². The van der Waals surface area contributed by atoms with Crippen molar-refractivity contribution in [2.75, 3.05) is 33.4 Å². The van der Waals surface area contributed by atoms with Crippen LogP contribution >= 0.6 is 0 Å². The molecule has 1 aromatic rings. The molecule has 21 heavy (non-hydrogen) atoms. The lowest BCUT2D eigenvalue weighted by molar-refractivity contribution is -0.131. The highest BCUT2D eigenvalue weighted by Gasteiger charge is 2.40. The molecule has 0 aromatic heterocycles. The number of carbonyl (C=O) groups is 1. The van der Waals surface area contributed by atoms with E-state index in [4.69, 9.17) is 9.47 Å². The van der Waals surface area contributed by atoms with Crippen LogP contribution in [0, 0.1) is 5.92 Å². The predicted molar refractivity (Wildman–Crippen MR) is 79.6 cm³/mol. The summed E-state index contributed by atoms with van der Waals surface area (Å²) in [6.07, 6.45) is 2.12.